The van der Waals surface area contributed by atoms with Crippen molar-refractivity contribution in [2.24, 2.45) is 0 Å². The first-order chi connectivity index (χ1) is 12.0. The molecule has 1 fully saturated rings. The normalized spacial score (nSPS) is 20.0. The maximum absolute atomic E-state index is 12.8. The molecule has 6 heteroatoms. The third kappa shape index (κ3) is 4.96. The lowest BCUT2D eigenvalue weighted by atomic mass is 10.1. The number of nitrogens with zero attached hydrogens (tertiary/aromatic N) is 1. The number of amides is 1. The first kappa shape index (κ1) is 19.3. The van der Waals surface area contributed by atoms with E-state index in [0.717, 1.165) is 0 Å². The predicted molar refractivity (Wildman–Crippen MR) is 95.2 cm³/mol. The Kier molecular flexibility index (Phi) is 6.84. The van der Waals surface area contributed by atoms with Crippen molar-refractivity contribution >= 4 is 5.91 Å². The first-order valence-electron chi connectivity index (χ1n) is 8.59. The second-order valence-electron chi connectivity index (χ2n) is 6.19. The summed E-state index contributed by atoms with van der Waals surface area (Å²) in [5.74, 6) is 0.927. The molecule has 0 aliphatic carbocycles. The van der Waals surface area contributed by atoms with E-state index < -0.39 is 6.10 Å². The second-order valence-corrected chi connectivity index (χ2v) is 6.19. The fourth-order valence-electron chi connectivity index (χ4n) is 2.77. The molecular weight excluding hydrogens is 322 g/mol. The zero-order valence-electron chi connectivity index (χ0n) is 15.1. The van der Waals surface area contributed by atoms with E-state index in [0.29, 0.717) is 36.8 Å². The van der Waals surface area contributed by atoms with Crippen LogP contribution in [0.3, 0.4) is 0 Å². The minimum atomic E-state index is -0.673. The Balaban J connectivity index is 2.13. The minimum absolute atomic E-state index is 0.000510. The smallest absolute Gasteiger partial charge is 0.254 e. The Morgan fingerprint density at radius 2 is 2.12 bits per heavy atom. The Hall–Kier alpha value is -2.05. The van der Waals surface area contributed by atoms with Gasteiger partial charge < -0.3 is 24.2 Å². The van der Waals surface area contributed by atoms with Gasteiger partial charge in [0.25, 0.3) is 5.91 Å². The largest absolute Gasteiger partial charge is 0.490 e. The van der Waals surface area contributed by atoms with E-state index in [4.69, 9.17) is 14.2 Å². The molecule has 138 valence electrons. The molecule has 0 radical (unpaired) electrons. The molecule has 1 saturated heterocycles. The van der Waals surface area contributed by atoms with Gasteiger partial charge in [0.15, 0.2) is 11.5 Å². The number of carbonyl (C=O) groups excluding carboxylic acids is 1. The van der Waals surface area contributed by atoms with E-state index in [1.165, 1.54) is 0 Å². The molecule has 2 rings (SSSR count). The number of hydrogen-bond donors (Lipinski definition) is 1. The van der Waals surface area contributed by atoms with E-state index in [2.05, 4.69) is 6.58 Å². The summed E-state index contributed by atoms with van der Waals surface area (Å²) in [5, 5.41) is 10.1. The van der Waals surface area contributed by atoms with Gasteiger partial charge in [-0.2, -0.15) is 0 Å². The Labute approximate surface area is 149 Å². The van der Waals surface area contributed by atoms with E-state index in [1.807, 2.05) is 20.8 Å². The van der Waals surface area contributed by atoms with Gasteiger partial charge in [-0.1, -0.05) is 12.7 Å². The molecular formula is C19H27NO5. The van der Waals surface area contributed by atoms with Gasteiger partial charge in [-0.05, 0) is 39.0 Å². The molecule has 0 unspecified atom stereocenters. The molecule has 0 bridgehead atoms. The van der Waals surface area contributed by atoms with Crippen LogP contribution in [0.5, 0.6) is 11.5 Å². The van der Waals surface area contributed by atoms with Crippen LogP contribution in [0.25, 0.3) is 0 Å². The van der Waals surface area contributed by atoms with Crippen LogP contribution in [0, 0.1) is 0 Å². The summed E-state index contributed by atoms with van der Waals surface area (Å²) < 4.78 is 16.8. The van der Waals surface area contributed by atoms with Gasteiger partial charge in [0.2, 0.25) is 0 Å². The number of hydrogen-bond acceptors (Lipinski definition) is 5. The molecule has 25 heavy (non-hydrogen) atoms. The topological polar surface area (TPSA) is 68.2 Å². The zero-order chi connectivity index (χ0) is 18.4. The molecule has 1 aromatic carbocycles. The quantitative estimate of drug-likeness (QED) is 0.729. The fourth-order valence-corrected chi connectivity index (χ4v) is 2.77. The molecule has 1 heterocycles. The van der Waals surface area contributed by atoms with Crippen LogP contribution in [0.4, 0.5) is 0 Å². The van der Waals surface area contributed by atoms with Crippen molar-refractivity contribution in [2.75, 3.05) is 26.3 Å². The summed E-state index contributed by atoms with van der Waals surface area (Å²) in [4.78, 5) is 14.4. The summed E-state index contributed by atoms with van der Waals surface area (Å²) in [5.41, 5.74) is 0.492. The first-order valence-corrected chi connectivity index (χ1v) is 8.59. The van der Waals surface area contributed by atoms with Crippen LogP contribution in [-0.4, -0.2) is 60.5 Å². The van der Waals surface area contributed by atoms with Gasteiger partial charge in [0, 0.05) is 18.7 Å². The Bertz CT molecular complexity index is 601. The van der Waals surface area contributed by atoms with Gasteiger partial charge in [-0.3, -0.25) is 4.79 Å². The number of aliphatic hydroxyl groups excluding tert-OH is 1. The third-order valence-corrected chi connectivity index (χ3v) is 3.82. The van der Waals surface area contributed by atoms with E-state index in [9.17, 15) is 9.90 Å². The predicted octanol–water partition coefficient (Wildman–Crippen LogP) is 2.26. The zero-order valence-corrected chi connectivity index (χ0v) is 15.1. The van der Waals surface area contributed by atoms with Gasteiger partial charge in [0.05, 0.1) is 18.8 Å². The van der Waals surface area contributed by atoms with Crippen molar-refractivity contribution in [1.82, 2.24) is 4.90 Å². The fraction of sp³-hybridized carbons (Fsp3) is 0.526. The molecule has 0 saturated carbocycles. The van der Waals surface area contributed by atoms with Crippen LogP contribution >= 0.6 is 0 Å². The number of benzene rings is 1. The van der Waals surface area contributed by atoms with Gasteiger partial charge in [-0.15, -0.1) is 0 Å². The summed E-state index contributed by atoms with van der Waals surface area (Å²) >= 11 is 0. The van der Waals surface area contributed by atoms with E-state index in [1.54, 1.807) is 29.2 Å². The molecule has 0 spiro atoms. The lowest BCUT2D eigenvalue weighted by Gasteiger charge is -2.19. The van der Waals surface area contributed by atoms with Crippen molar-refractivity contribution < 1.29 is 24.1 Å². The molecule has 1 N–H and O–H groups in total. The minimum Gasteiger partial charge on any atom is -0.490 e. The highest BCUT2D eigenvalue weighted by Gasteiger charge is 2.35. The maximum Gasteiger partial charge on any atom is 0.254 e. The number of likely N-dealkylation sites (tertiary alicyclic amines) is 1. The van der Waals surface area contributed by atoms with Crippen LogP contribution in [0.15, 0.2) is 30.9 Å². The SMILES string of the molecule is C=CCOc1ccc(C(=O)N2C[C@@H](O)[C@H](OC(C)C)C2)cc1OCC. The van der Waals surface area contributed by atoms with Crippen molar-refractivity contribution in [3.63, 3.8) is 0 Å². The van der Waals surface area contributed by atoms with Gasteiger partial charge >= 0.3 is 0 Å². The molecule has 1 aliphatic heterocycles. The molecule has 1 aromatic rings. The highest BCUT2D eigenvalue weighted by atomic mass is 16.5. The second kappa shape index (κ2) is 8.87. The number of aliphatic hydroxyl groups is 1. The van der Waals surface area contributed by atoms with Crippen LogP contribution in [-0.2, 0) is 4.74 Å². The summed E-state index contributed by atoms with van der Waals surface area (Å²) in [6.45, 7) is 10.8. The molecule has 1 amide bonds. The summed E-state index contributed by atoms with van der Waals surface area (Å²) in [6.07, 6.45) is 0.619. The Morgan fingerprint density at radius 1 is 1.36 bits per heavy atom. The molecule has 1 aliphatic rings. The highest BCUT2D eigenvalue weighted by molar-refractivity contribution is 5.95. The summed E-state index contributed by atoms with van der Waals surface area (Å²) in [6, 6.07) is 5.09. The number of rotatable bonds is 8. The van der Waals surface area contributed by atoms with Crippen molar-refractivity contribution in [2.45, 2.75) is 39.1 Å². The van der Waals surface area contributed by atoms with Gasteiger partial charge in [0.1, 0.15) is 12.7 Å². The number of ether oxygens (including phenoxy) is 3. The maximum atomic E-state index is 12.8. The Morgan fingerprint density at radius 3 is 2.76 bits per heavy atom. The standard InChI is InChI=1S/C19H27NO5/c1-5-9-24-16-8-7-14(10-17(16)23-6-2)19(22)20-11-15(21)18(12-20)25-13(3)4/h5,7-8,10,13,15,18,21H,1,6,9,11-12H2,2-4H3/t15-,18-/m1/s1. The van der Waals surface area contributed by atoms with Crippen molar-refractivity contribution in [1.29, 1.82) is 0 Å². The lowest BCUT2D eigenvalue weighted by Crippen LogP contribution is -2.31. The average molecular weight is 349 g/mol. The van der Waals surface area contributed by atoms with Crippen molar-refractivity contribution in [3.8, 4) is 11.5 Å². The summed E-state index contributed by atoms with van der Waals surface area (Å²) in [7, 11) is 0. The molecule has 0 aromatic heterocycles. The third-order valence-electron chi connectivity index (χ3n) is 3.82. The number of carbonyl (C=O) groups is 1. The van der Waals surface area contributed by atoms with Crippen LogP contribution < -0.4 is 9.47 Å². The van der Waals surface area contributed by atoms with Crippen molar-refractivity contribution in [3.05, 3.63) is 36.4 Å². The van der Waals surface area contributed by atoms with E-state index >= 15 is 0 Å². The number of β-amino-alcohol motifs (C(OH)–C–C–N with tert-alkyl or cyclic N) is 1. The van der Waals surface area contributed by atoms with E-state index in [-0.39, 0.29) is 24.7 Å². The molecule has 2 atom stereocenters. The van der Waals surface area contributed by atoms with Gasteiger partial charge in [-0.25, -0.2) is 0 Å². The lowest BCUT2D eigenvalue weighted by molar-refractivity contribution is -0.0394. The average Bonchev–Trinajstić information content (AvgIpc) is 2.93. The highest BCUT2D eigenvalue weighted by Crippen LogP contribution is 2.29. The monoisotopic (exact) mass is 349 g/mol. The van der Waals surface area contributed by atoms with Crippen LogP contribution in [0.1, 0.15) is 31.1 Å². The molecule has 6 nitrogen and oxygen atoms in total. The van der Waals surface area contributed by atoms with Crippen LogP contribution in [0.2, 0.25) is 0 Å².